The second-order valence-corrected chi connectivity index (χ2v) is 18.6. The first kappa shape index (κ1) is 45.5. The summed E-state index contributed by atoms with van der Waals surface area (Å²) in [5, 5.41) is 16.5. The Bertz CT molecular complexity index is 370. The van der Waals surface area contributed by atoms with E-state index in [1.54, 1.807) is 17.7 Å². The summed E-state index contributed by atoms with van der Waals surface area (Å²) >= 11 is 0.299. The van der Waals surface area contributed by atoms with Gasteiger partial charge in [0.25, 0.3) is 0 Å². The minimum absolute atomic E-state index is 0.149. The zero-order chi connectivity index (χ0) is 29.5. The summed E-state index contributed by atoms with van der Waals surface area (Å²) in [6.45, 7) is 13.5. The van der Waals surface area contributed by atoms with Gasteiger partial charge in [0.15, 0.2) is 0 Å². The molecule has 228 valence electrons. The van der Waals surface area contributed by atoms with Crippen LogP contribution in [0, 0.1) is 0 Å². The van der Waals surface area contributed by atoms with Crippen LogP contribution >= 0.6 is 0 Å². The van der Waals surface area contributed by atoms with Gasteiger partial charge >= 0.3 is 151 Å². The number of rotatable bonds is 24. The van der Waals surface area contributed by atoms with Crippen LogP contribution in [-0.4, -0.2) is 64.4 Å². The molecule has 0 spiro atoms. The van der Waals surface area contributed by atoms with E-state index in [1.165, 1.54) is 89.9 Å². The van der Waals surface area contributed by atoms with E-state index in [2.05, 4.69) is 41.5 Å². The van der Waals surface area contributed by atoms with Gasteiger partial charge < -0.3 is 10.2 Å². The molecular formula is C32H68O4Sn2. The molecule has 0 aromatic heterocycles. The number of hydrogen-bond acceptors (Lipinski definition) is 2. The number of unbranched alkanes of at least 4 members (excludes halogenated alkanes) is 12. The van der Waals surface area contributed by atoms with Crippen LogP contribution in [0.5, 0.6) is 0 Å². The molecule has 0 unspecified atom stereocenters. The van der Waals surface area contributed by atoms with Crippen molar-refractivity contribution in [2.75, 3.05) is 0 Å². The first-order valence-corrected chi connectivity index (χ1v) is 24.3. The molecule has 0 aromatic carbocycles. The van der Waals surface area contributed by atoms with Crippen LogP contribution in [0.25, 0.3) is 0 Å². The van der Waals surface area contributed by atoms with Crippen molar-refractivity contribution in [2.24, 2.45) is 0 Å². The van der Waals surface area contributed by atoms with Crippen molar-refractivity contribution >= 4 is 54.2 Å². The van der Waals surface area contributed by atoms with Gasteiger partial charge in [0.05, 0.1) is 0 Å². The summed E-state index contributed by atoms with van der Waals surface area (Å²) in [5.41, 5.74) is 0. The second kappa shape index (κ2) is 47.3. The molecule has 4 nitrogen and oxygen atoms in total. The fourth-order valence-electron chi connectivity index (χ4n) is 3.22. The Morgan fingerprint density at radius 2 is 0.632 bits per heavy atom. The molecule has 0 bridgehead atoms. The van der Waals surface area contributed by atoms with Gasteiger partial charge in [-0.25, -0.2) is 0 Å². The summed E-state index contributed by atoms with van der Waals surface area (Å²) in [6, 6.07) is 0. The number of aliphatic carboxylic acids is 2. The van der Waals surface area contributed by atoms with Gasteiger partial charge in [-0.3, -0.25) is 9.59 Å². The van der Waals surface area contributed by atoms with Gasteiger partial charge in [-0.15, -0.1) is 0 Å². The van der Waals surface area contributed by atoms with Crippen molar-refractivity contribution in [1.29, 1.82) is 0 Å². The summed E-state index contributed by atoms with van der Waals surface area (Å²) in [6.07, 6.45) is 23.4. The van der Waals surface area contributed by atoms with Gasteiger partial charge in [-0.05, 0) is 12.8 Å². The van der Waals surface area contributed by atoms with E-state index in [1.807, 2.05) is 0 Å². The number of carboxylic acid groups (broad SMARTS) is 2. The molecule has 38 heavy (non-hydrogen) atoms. The molecule has 0 aliphatic rings. The van der Waals surface area contributed by atoms with Crippen LogP contribution in [0.3, 0.4) is 0 Å². The van der Waals surface area contributed by atoms with Crippen molar-refractivity contribution in [1.82, 2.24) is 0 Å². The molecule has 0 atom stereocenters. The van der Waals surface area contributed by atoms with E-state index >= 15 is 0 Å². The van der Waals surface area contributed by atoms with Crippen LogP contribution < -0.4 is 0 Å². The fraction of sp³-hybridized carbons (Fsp3) is 0.938. The van der Waals surface area contributed by atoms with E-state index in [4.69, 9.17) is 10.2 Å². The fourth-order valence-corrected chi connectivity index (χ4v) is 11.5. The van der Waals surface area contributed by atoms with Crippen LogP contribution in [0.4, 0.5) is 0 Å². The van der Waals surface area contributed by atoms with Crippen molar-refractivity contribution < 1.29 is 19.8 Å². The summed E-state index contributed by atoms with van der Waals surface area (Å²) < 4.78 is 6.50. The predicted molar refractivity (Wildman–Crippen MR) is 172 cm³/mol. The molecule has 0 saturated carbocycles. The predicted octanol–water partition coefficient (Wildman–Crippen LogP) is 11.1. The Morgan fingerprint density at radius 1 is 0.395 bits per heavy atom. The zero-order valence-electron chi connectivity index (χ0n) is 26.7. The van der Waals surface area contributed by atoms with Crippen LogP contribution in [-0.2, 0) is 9.59 Å². The van der Waals surface area contributed by atoms with Crippen molar-refractivity contribution in [3.63, 3.8) is 0 Å². The molecular weight excluding hydrogens is 686 g/mol. The maximum atomic E-state index is 10.0. The van der Waals surface area contributed by atoms with E-state index in [0.29, 0.717) is 12.8 Å². The van der Waals surface area contributed by atoms with Gasteiger partial charge in [0.1, 0.15) is 0 Å². The van der Waals surface area contributed by atoms with E-state index in [0.717, 1.165) is 25.7 Å². The summed E-state index contributed by atoms with van der Waals surface area (Å²) in [4.78, 5) is 20.1. The summed E-state index contributed by atoms with van der Waals surface area (Å²) in [5.74, 6) is -1.34. The van der Waals surface area contributed by atoms with Crippen LogP contribution in [0.1, 0.15) is 170 Å². The molecule has 6 heteroatoms. The molecule has 2 N–H and O–H groups in total. The normalized spacial score (nSPS) is 9.84. The average molecular weight is 754 g/mol. The minimum atomic E-state index is -0.670. The molecule has 0 fully saturated rings. The third kappa shape index (κ3) is 65.5. The third-order valence-corrected chi connectivity index (χ3v) is 13.9. The van der Waals surface area contributed by atoms with Gasteiger partial charge in [0.2, 0.25) is 0 Å². The third-order valence-electron chi connectivity index (χ3n) is 5.82. The number of hydrogen-bond donors (Lipinski definition) is 2. The molecule has 0 saturated heterocycles. The molecule has 0 aromatic rings. The van der Waals surface area contributed by atoms with Gasteiger partial charge in [-0.2, -0.15) is 0 Å². The van der Waals surface area contributed by atoms with Crippen LogP contribution in [0.15, 0.2) is 0 Å². The Kier molecular flexibility index (Phi) is 56.7. The van der Waals surface area contributed by atoms with Crippen molar-refractivity contribution in [2.45, 2.75) is 188 Å². The summed E-state index contributed by atoms with van der Waals surface area (Å²) in [7, 11) is 0. The van der Waals surface area contributed by atoms with Crippen LogP contribution in [0.2, 0.25) is 17.7 Å². The monoisotopic (exact) mass is 756 g/mol. The zero-order valence-corrected chi connectivity index (χ0v) is 32.4. The Balaban J connectivity index is -0.000000203. The first-order chi connectivity index (χ1) is 18.4. The van der Waals surface area contributed by atoms with Crippen molar-refractivity contribution in [3.05, 3.63) is 0 Å². The molecule has 0 heterocycles. The van der Waals surface area contributed by atoms with Crippen molar-refractivity contribution in [3.8, 4) is 0 Å². The maximum absolute atomic E-state index is 10.0. The topological polar surface area (TPSA) is 74.6 Å². The Hall–Kier alpha value is 0.537. The SMILES string of the molecule is CCCCCCCC(=O)O.CCCCCCCC(=O)O.CCC[CH2][Sn][CH2]CCC.CCC[CH2][Sn][CH2]CCC. The number of carboxylic acids is 2. The van der Waals surface area contributed by atoms with E-state index < -0.39 is 11.9 Å². The van der Waals surface area contributed by atoms with Gasteiger partial charge in [-0.1, -0.05) is 65.2 Å². The Morgan fingerprint density at radius 3 is 0.842 bits per heavy atom. The van der Waals surface area contributed by atoms with E-state index in [9.17, 15) is 9.59 Å². The van der Waals surface area contributed by atoms with Gasteiger partial charge in [0, 0.05) is 12.8 Å². The quantitative estimate of drug-likeness (QED) is 0.0760. The molecule has 4 radical (unpaired) electrons. The molecule has 0 amide bonds. The molecule has 0 rings (SSSR count). The number of carbonyl (C=O) groups is 2. The standard InChI is InChI=1S/2C8H16O2.4C4H9.2Sn/c2*1-2-3-4-5-6-7-8(9)10;4*1-3-4-2;;/h2*2-7H2,1H3,(H,9,10);4*1,3-4H2,2H3;;. The first-order valence-electron chi connectivity index (χ1n) is 16.2. The Labute approximate surface area is 260 Å². The second-order valence-electron chi connectivity index (χ2n) is 10.0. The molecule has 0 aliphatic carbocycles. The average Bonchev–Trinajstić information content (AvgIpc) is 2.89. The molecule has 0 aliphatic heterocycles. The van der Waals surface area contributed by atoms with E-state index in [-0.39, 0.29) is 42.3 Å².